The Morgan fingerprint density at radius 3 is 2.80 bits per heavy atom. The molecule has 0 bridgehead atoms. The molecular formula is C11H10N2O2. The first kappa shape index (κ1) is 9.45. The number of aromatic nitrogens is 1. The van der Waals surface area contributed by atoms with Crippen LogP contribution < -0.4 is 5.73 Å². The Morgan fingerprint density at radius 1 is 1.40 bits per heavy atom. The Hall–Kier alpha value is -2.10. The highest BCUT2D eigenvalue weighted by Gasteiger charge is 2.06. The molecule has 2 aromatic rings. The molecule has 1 aromatic heterocycles. The number of carbonyl (C=O) groups is 1. The number of benzene rings is 1. The zero-order valence-corrected chi connectivity index (χ0v) is 8.19. The van der Waals surface area contributed by atoms with Gasteiger partial charge in [0, 0.05) is 16.8 Å². The van der Waals surface area contributed by atoms with E-state index in [0.29, 0.717) is 11.2 Å². The molecule has 4 nitrogen and oxygen atoms in total. The Morgan fingerprint density at radius 2 is 2.13 bits per heavy atom. The number of aryl methyl sites for hydroxylation is 1. The molecule has 1 aromatic carbocycles. The summed E-state index contributed by atoms with van der Waals surface area (Å²) in [5.41, 5.74) is 8.04. The Kier molecular flexibility index (Phi) is 2.04. The van der Waals surface area contributed by atoms with E-state index in [-0.39, 0.29) is 5.56 Å². The van der Waals surface area contributed by atoms with E-state index in [1.165, 1.54) is 12.1 Å². The van der Waals surface area contributed by atoms with Crippen molar-refractivity contribution in [3.63, 3.8) is 0 Å². The second kappa shape index (κ2) is 3.24. The van der Waals surface area contributed by atoms with E-state index in [1.54, 1.807) is 12.1 Å². The van der Waals surface area contributed by atoms with Gasteiger partial charge in [-0.05, 0) is 31.2 Å². The van der Waals surface area contributed by atoms with E-state index in [9.17, 15) is 4.79 Å². The van der Waals surface area contributed by atoms with Gasteiger partial charge in [-0.3, -0.25) is 4.98 Å². The van der Waals surface area contributed by atoms with Crippen molar-refractivity contribution in [1.82, 2.24) is 4.98 Å². The molecule has 15 heavy (non-hydrogen) atoms. The van der Waals surface area contributed by atoms with Crippen LogP contribution in [0.3, 0.4) is 0 Å². The molecule has 0 radical (unpaired) electrons. The maximum absolute atomic E-state index is 10.8. The van der Waals surface area contributed by atoms with Crippen molar-refractivity contribution in [2.75, 3.05) is 5.73 Å². The average Bonchev–Trinajstić information content (AvgIpc) is 2.16. The maximum Gasteiger partial charge on any atom is 0.335 e. The molecule has 0 amide bonds. The van der Waals surface area contributed by atoms with Crippen molar-refractivity contribution in [2.45, 2.75) is 6.92 Å². The molecule has 0 fully saturated rings. The van der Waals surface area contributed by atoms with Gasteiger partial charge in [0.05, 0.1) is 11.1 Å². The largest absolute Gasteiger partial charge is 0.478 e. The molecule has 0 unspecified atom stereocenters. The fourth-order valence-corrected chi connectivity index (χ4v) is 1.53. The van der Waals surface area contributed by atoms with Gasteiger partial charge in [-0.15, -0.1) is 0 Å². The standard InChI is InChI=1S/C11H10N2O2/c1-6-4-9(12)8-3-2-7(11(14)15)5-10(8)13-6/h2-5H,1H3,(H2,12,13)(H,14,15). The van der Waals surface area contributed by atoms with Crippen molar-refractivity contribution in [2.24, 2.45) is 0 Å². The van der Waals surface area contributed by atoms with Crippen LogP contribution in [0.15, 0.2) is 24.3 Å². The first-order chi connectivity index (χ1) is 7.08. The van der Waals surface area contributed by atoms with Crippen LogP contribution in [0, 0.1) is 6.92 Å². The van der Waals surface area contributed by atoms with E-state index < -0.39 is 5.97 Å². The quantitative estimate of drug-likeness (QED) is 0.739. The summed E-state index contributed by atoms with van der Waals surface area (Å²) < 4.78 is 0. The smallest absolute Gasteiger partial charge is 0.335 e. The second-order valence-corrected chi connectivity index (χ2v) is 3.39. The highest BCUT2D eigenvalue weighted by atomic mass is 16.4. The number of hydrogen-bond acceptors (Lipinski definition) is 3. The van der Waals surface area contributed by atoms with Crippen LogP contribution in [0.2, 0.25) is 0 Å². The number of nitrogens with zero attached hydrogens (tertiary/aromatic N) is 1. The minimum absolute atomic E-state index is 0.222. The molecule has 1 heterocycles. The van der Waals surface area contributed by atoms with Crippen molar-refractivity contribution in [3.8, 4) is 0 Å². The number of fused-ring (bicyclic) bond motifs is 1. The van der Waals surface area contributed by atoms with Crippen molar-refractivity contribution in [3.05, 3.63) is 35.5 Å². The molecule has 0 spiro atoms. The number of pyridine rings is 1. The maximum atomic E-state index is 10.8. The van der Waals surface area contributed by atoms with Crippen LogP contribution in [0.4, 0.5) is 5.69 Å². The lowest BCUT2D eigenvalue weighted by atomic mass is 10.1. The number of carboxylic acid groups (broad SMARTS) is 1. The fraction of sp³-hybridized carbons (Fsp3) is 0.0909. The van der Waals surface area contributed by atoms with Gasteiger partial charge in [0.25, 0.3) is 0 Å². The topological polar surface area (TPSA) is 76.2 Å². The third-order valence-electron chi connectivity index (χ3n) is 2.22. The third-order valence-corrected chi connectivity index (χ3v) is 2.22. The van der Waals surface area contributed by atoms with Gasteiger partial charge in [0.15, 0.2) is 0 Å². The molecule has 0 aliphatic rings. The molecule has 76 valence electrons. The van der Waals surface area contributed by atoms with Gasteiger partial charge < -0.3 is 10.8 Å². The molecule has 0 atom stereocenters. The van der Waals surface area contributed by atoms with Crippen LogP contribution in [-0.4, -0.2) is 16.1 Å². The first-order valence-corrected chi connectivity index (χ1v) is 4.48. The highest BCUT2D eigenvalue weighted by Crippen LogP contribution is 2.21. The van der Waals surface area contributed by atoms with E-state index in [2.05, 4.69) is 4.98 Å². The highest BCUT2D eigenvalue weighted by molar-refractivity contribution is 5.96. The summed E-state index contributed by atoms with van der Waals surface area (Å²) in [4.78, 5) is 15.0. The van der Waals surface area contributed by atoms with E-state index >= 15 is 0 Å². The molecule has 2 rings (SSSR count). The van der Waals surface area contributed by atoms with Gasteiger partial charge in [0.2, 0.25) is 0 Å². The lowest BCUT2D eigenvalue weighted by Crippen LogP contribution is -1.98. The molecule has 0 saturated carbocycles. The zero-order valence-electron chi connectivity index (χ0n) is 8.19. The Balaban J connectivity index is 2.76. The van der Waals surface area contributed by atoms with Crippen molar-refractivity contribution < 1.29 is 9.90 Å². The minimum Gasteiger partial charge on any atom is -0.478 e. The normalized spacial score (nSPS) is 10.5. The van der Waals surface area contributed by atoms with Crippen LogP contribution in [0.5, 0.6) is 0 Å². The van der Waals surface area contributed by atoms with Gasteiger partial charge in [-0.1, -0.05) is 0 Å². The number of nitrogens with two attached hydrogens (primary N) is 1. The number of aromatic carboxylic acids is 1. The Bertz CT molecular complexity index is 550. The van der Waals surface area contributed by atoms with Gasteiger partial charge in [0.1, 0.15) is 0 Å². The average molecular weight is 202 g/mol. The third kappa shape index (κ3) is 1.61. The summed E-state index contributed by atoms with van der Waals surface area (Å²) in [5.74, 6) is -0.959. The second-order valence-electron chi connectivity index (χ2n) is 3.39. The summed E-state index contributed by atoms with van der Waals surface area (Å²) in [6.07, 6.45) is 0. The van der Waals surface area contributed by atoms with Crippen LogP contribution >= 0.6 is 0 Å². The molecule has 0 aliphatic heterocycles. The lowest BCUT2D eigenvalue weighted by Gasteiger charge is -2.04. The van der Waals surface area contributed by atoms with Gasteiger partial charge in [-0.2, -0.15) is 0 Å². The van der Waals surface area contributed by atoms with Crippen LogP contribution in [0.1, 0.15) is 16.1 Å². The van der Waals surface area contributed by atoms with Gasteiger partial charge >= 0.3 is 5.97 Å². The lowest BCUT2D eigenvalue weighted by molar-refractivity contribution is 0.0697. The molecular weight excluding hydrogens is 192 g/mol. The van der Waals surface area contributed by atoms with Crippen molar-refractivity contribution >= 4 is 22.6 Å². The predicted molar refractivity (Wildman–Crippen MR) is 57.9 cm³/mol. The first-order valence-electron chi connectivity index (χ1n) is 4.48. The summed E-state index contributed by atoms with van der Waals surface area (Å²) in [6, 6.07) is 6.50. The summed E-state index contributed by atoms with van der Waals surface area (Å²) in [7, 11) is 0. The zero-order chi connectivity index (χ0) is 11.0. The summed E-state index contributed by atoms with van der Waals surface area (Å²) >= 11 is 0. The Labute approximate surface area is 86.4 Å². The molecule has 0 saturated heterocycles. The number of carboxylic acids is 1. The SMILES string of the molecule is Cc1cc(N)c2ccc(C(=O)O)cc2n1. The molecule has 0 aliphatic carbocycles. The number of rotatable bonds is 1. The fourth-order valence-electron chi connectivity index (χ4n) is 1.53. The molecule has 4 heteroatoms. The molecule has 3 N–H and O–H groups in total. The van der Waals surface area contributed by atoms with E-state index in [0.717, 1.165) is 11.1 Å². The number of hydrogen-bond donors (Lipinski definition) is 2. The minimum atomic E-state index is -0.959. The van der Waals surface area contributed by atoms with Crippen LogP contribution in [-0.2, 0) is 0 Å². The van der Waals surface area contributed by atoms with Crippen molar-refractivity contribution in [1.29, 1.82) is 0 Å². The summed E-state index contributed by atoms with van der Waals surface area (Å²) in [6.45, 7) is 1.82. The summed E-state index contributed by atoms with van der Waals surface area (Å²) in [5, 5.41) is 9.61. The van der Waals surface area contributed by atoms with E-state index in [4.69, 9.17) is 10.8 Å². The van der Waals surface area contributed by atoms with Gasteiger partial charge in [-0.25, -0.2) is 4.79 Å². The predicted octanol–water partition coefficient (Wildman–Crippen LogP) is 1.82. The monoisotopic (exact) mass is 202 g/mol. The van der Waals surface area contributed by atoms with E-state index in [1.807, 2.05) is 6.92 Å². The number of anilines is 1. The number of nitrogen functional groups attached to an aromatic ring is 1. The van der Waals surface area contributed by atoms with Crippen LogP contribution in [0.25, 0.3) is 10.9 Å².